The first kappa shape index (κ1) is 18.4. The van der Waals surface area contributed by atoms with Gasteiger partial charge in [0.25, 0.3) is 17.5 Å². The first-order valence-electron chi connectivity index (χ1n) is 7.09. The Balaban J connectivity index is 1.85. The summed E-state index contributed by atoms with van der Waals surface area (Å²) in [6, 6.07) is 10.4. The lowest BCUT2D eigenvalue weighted by Crippen LogP contribution is -2.43. The van der Waals surface area contributed by atoms with Gasteiger partial charge < -0.3 is 4.74 Å². The van der Waals surface area contributed by atoms with Crippen LogP contribution in [0.3, 0.4) is 0 Å². The van der Waals surface area contributed by atoms with Crippen LogP contribution >= 0.6 is 15.9 Å². The van der Waals surface area contributed by atoms with Gasteiger partial charge in [-0.3, -0.25) is 30.6 Å². The van der Waals surface area contributed by atoms with Crippen LogP contribution in [0.1, 0.15) is 15.9 Å². The molecule has 0 atom stereocenters. The minimum absolute atomic E-state index is 0.0546. The quantitative estimate of drug-likeness (QED) is 0.584. The Hall–Kier alpha value is -2.94. The third-order valence-corrected chi connectivity index (χ3v) is 4.02. The number of halogens is 1. The van der Waals surface area contributed by atoms with Crippen molar-refractivity contribution in [3.8, 4) is 5.75 Å². The van der Waals surface area contributed by atoms with Gasteiger partial charge in [-0.15, -0.1) is 0 Å². The number of hydrogen-bond donors (Lipinski definition) is 2. The average Bonchev–Trinajstić information content (AvgIpc) is 2.60. The zero-order valence-electron chi connectivity index (χ0n) is 13.1. The fourth-order valence-corrected chi connectivity index (χ4v) is 2.10. The Kier molecular flexibility index (Phi) is 6.07. The predicted octanol–water partition coefficient (Wildman–Crippen LogP) is 2.51. The molecule has 0 unspecified atom stereocenters. The van der Waals surface area contributed by atoms with Gasteiger partial charge in [-0.05, 0) is 36.8 Å². The van der Waals surface area contributed by atoms with E-state index in [0.717, 1.165) is 16.1 Å². The molecule has 9 heteroatoms. The molecule has 0 radical (unpaired) electrons. The van der Waals surface area contributed by atoms with E-state index in [1.807, 2.05) is 6.92 Å². The molecule has 25 heavy (non-hydrogen) atoms. The van der Waals surface area contributed by atoms with Crippen LogP contribution in [0.15, 0.2) is 46.9 Å². The number of nitrogens with one attached hydrogen (secondary N) is 2. The van der Waals surface area contributed by atoms with Gasteiger partial charge >= 0.3 is 0 Å². The summed E-state index contributed by atoms with van der Waals surface area (Å²) in [5, 5.41) is 10.7. The zero-order chi connectivity index (χ0) is 18.4. The minimum Gasteiger partial charge on any atom is -0.484 e. The number of hydrazine groups is 1. The number of nitro groups is 1. The van der Waals surface area contributed by atoms with Gasteiger partial charge in [0, 0.05) is 22.2 Å². The molecule has 0 bridgehead atoms. The van der Waals surface area contributed by atoms with Crippen LogP contribution in [0.2, 0.25) is 0 Å². The molecule has 2 aromatic carbocycles. The number of nitrogens with zero attached hydrogens (tertiary/aromatic N) is 1. The fraction of sp³-hybridized carbons (Fsp3) is 0.125. The number of aryl methyl sites for hydroxylation is 1. The molecule has 0 spiro atoms. The highest BCUT2D eigenvalue weighted by molar-refractivity contribution is 9.10. The van der Waals surface area contributed by atoms with Crippen LogP contribution in [-0.4, -0.2) is 23.3 Å². The van der Waals surface area contributed by atoms with E-state index in [2.05, 4.69) is 26.8 Å². The lowest BCUT2D eigenvalue weighted by atomic mass is 10.2. The predicted molar refractivity (Wildman–Crippen MR) is 93.1 cm³/mol. The normalized spacial score (nSPS) is 10.0. The number of nitro benzene ring substituents is 1. The van der Waals surface area contributed by atoms with Crippen molar-refractivity contribution in [2.45, 2.75) is 6.92 Å². The van der Waals surface area contributed by atoms with Crippen molar-refractivity contribution in [1.82, 2.24) is 10.9 Å². The number of hydrogen-bond acceptors (Lipinski definition) is 5. The van der Waals surface area contributed by atoms with Crippen LogP contribution in [0.4, 0.5) is 5.69 Å². The van der Waals surface area contributed by atoms with Gasteiger partial charge in [0.1, 0.15) is 5.75 Å². The largest absolute Gasteiger partial charge is 0.484 e. The number of benzene rings is 2. The maximum absolute atomic E-state index is 11.9. The molecule has 0 aliphatic rings. The molecule has 2 N–H and O–H groups in total. The molecular weight excluding hydrogens is 394 g/mol. The molecule has 2 aromatic rings. The second kappa shape index (κ2) is 8.25. The molecule has 130 valence electrons. The highest BCUT2D eigenvalue weighted by atomic mass is 79.9. The van der Waals surface area contributed by atoms with Crippen molar-refractivity contribution in [2.75, 3.05) is 6.61 Å². The van der Waals surface area contributed by atoms with E-state index in [9.17, 15) is 19.7 Å². The summed E-state index contributed by atoms with van der Waals surface area (Å²) < 4.78 is 6.24. The molecule has 0 saturated carbocycles. The number of rotatable bonds is 5. The number of non-ortho nitro benzene ring substituents is 1. The lowest BCUT2D eigenvalue weighted by molar-refractivity contribution is -0.384. The standard InChI is InChI=1S/C16H14BrN3O5/c1-10-7-13(5-6-14(10)17)25-9-15(21)18-19-16(22)11-3-2-4-12(8-11)20(23)24/h2-8H,9H2,1H3,(H,18,21)(H,19,22). The second-order valence-corrected chi connectivity index (χ2v) is 5.86. The molecular formula is C16H14BrN3O5. The van der Waals surface area contributed by atoms with Gasteiger partial charge in [-0.25, -0.2) is 0 Å². The smallest absolute Gasteiger partial charge is 0.276 e. The lowest BCUT2D eigenvalue weighted by Gasteiger charge is -2.09. The molecule has 0 fully saturated rings. The maximum atomic E-state index is 11.9. The molecule has 2 amide bonds. The van der Waals surface area contributed by atoms with Gasteiger partial charge in [-0.1, -0.05) is 22.0 Å². The van der Waals surface area contributed by atoms with Crippen molar-refractivity contribution in [3.63, 3.8) is 0 Å². The Morgan fingerprint density at radius 2 is 1.96 bits per heavy atom. The second-order valence-electron chi connectivity index (χ2n) is 5.01. The van der Waals surface area contributed by atoms with E-state index in [4.69, 9.17) is 4.74 Å². The van der Waals surface area contributed by atoms with E-state index < -0.39 is 16.7 Å². The van der Waals surface area contributed by atoms with Crippen molar-refractivity contribution in [3.05, 3.63) is 68.2 Å². The molecule has 8 nitrogen and oxygen atoms in total. The van der Waals surface area contributed by atoms with Crippen molar-refractivity contribution in [2.24, 2.45) is 0 Å². The van der Waals surface area contributed by atoms with Crippen LogP contribution in [0.5, 0.6) is 5.75 Å². The Labute approximate surface area is 151 Å². The third kappa shape index (κ3) is 5.28. The molecule has 2 rings (SSSR count). The van der Waals surface area contributed by atoms with Gasteiger partial charge in [0.05, 0.1) is 4.92 Å². The van der Waals surface area contributed by atoms with Crippen LogP contribution in [-0.2, 0) is 4.79 Å². The Morgan fingerprint density at radius 3 is 2.64 bits per heavy atom. The summed E-state index contributed by atoms with van der Waals surface area (Å²) in [4.78, 5) is 33.7. The maximum Gasteiger partial charge on any atom is 0.276 e. The third-order valence-electron chi connectivity index (χ3n) is 3.13. The van der Waals surface area contributed by atoms with E-state index in [-0.39, 0.29) is 17.9 Å². The number of amides is 2. The summed E-state index contributed by atoms with van der Waals surface area (Å²) in [5.41, 5.74) is 5.15. The summed E-state index contributed by atoms with van der Waals surface area (Å²) in [6.07, 6.45) is 0. The van der Waals surface area contributed by atoms with E-state index in [1.165, 1.54) is 18.2 Å². The monoisotopic (exact) mass is 407 g/mol. The van der Waals surface area contributed by atoms with E-state index >= 15 is 0 Å². The number of carbonyl (C=O) groups excluding carboxylic acids is 2. The average molecular weight is 408 g/mol. The van der Waals surface area contributed by atoms with Crippen molar-refractivity contribution < 1.29 is 19.2 Å². The summed E-state index contributed by atoms with van der Waals surface area (Å²) in [5.74, 6) is -0.725. The molecule has 0 aliphatic heterocycles. The van der Waals surface area contributed by atoms with Gasteiger partial charge in [0.15, 0.2) is 6.61 Å². The van der Waals surface area contributed by atoms with Gasteiger partial charge in [0.2, 0.25) is 0 Å². The molecule has 0 heterocycles. The highest BCUT2D eigenvalue weighted by Crippen LogP contribution is 2.21. The first-order valence-corrected chi connectivity index (χ1v) is 7.88. The van der Waals surface area contributed by atoms with E-state index in [1.54, 1.807) is 18.2 Å². The van der Waals surface area contributed by atoms with Crippen LogP contribution < -0.4 is 15.6 Å². The van der Waals surface area contributed by atoms with E-state index in [0.29, 0.717) is 5.75 Å². The molecule has 0 aromatic heterocycles. The number of ether oxygens (including phenoxy) is 1. The fourth-order valence-electron chi connectivity index (χ4n) is 1.85. The first-order chi connectivity index (χ1) is 11.9. The van der Waals surface area contributed by atoms with Gasteiger partial charge in [-0.2, -0.15) is 0 Å². The number of carbonyl (C=O) groups is 2. The Bertz CT molecular complexity index is 825. The Morgan fingerprint density at radius 1 is 1.20 bits per heavy atom. The topological polar surface area (TPSA) is 111 Å². The molecule has 0 saturated heterocycles. The zero-order valence-corrected chi connectivity index (χ0v) is 14.7. The minimum atomic E-state index is -0.670. The van der Waals surface area contributed by atoms with Crippen molar-refractivity contribution in [1.29, 1.82) is 0 Å². The molecule has 0 aliphatic carbocycles. The van der Waals surface area contributed by atoms with Crippen molar-refractivity contribution >= 4 is 33.4 Å². The SMILES string of the molecule is Cc1cc(OCC(=O)NNC(=O)c2cccc([N+](=O)[O-])c2)ccc1Br. The van der Waals surface area contributed by atoms with Crippen LogP contribution in [0, 0.1) is 17.0 Å². The van der Waals surface area contributed by atoms with Crippen LogP contribution in [0.25, 0.3) is 0 Å². The highest BCUT2D eigenvalue weighted by Gasteiger charge is 2.12. The summed E-state index contributed by atoms with van der Waals surface area (Å²) >= 11 is 3.36. The summed E-state index contributed by atoms with van der Waals surface area (Å²) in [7, 11) is 0. The summed E-state index contributed by atoms with van der Waals surface area (Å²) in [6.45, 7) is 1.59.